The molecule has 0 radical (unpaired) electrons. The van der Waals surface area contributed by atoms with E-state index in [1.807, 2.05) is 30.3 Å². The van der Waals surface area contributed by atoms with Crippen molar-refractivity contribution < 1.29 is 23.6 Å². The number of hydrogen-bond acceptors (Lipinski definition) is 4. The molecule has 0 unspecified atom stereocenters. The van der Waals surface area contributed by atoms with Gasteiger partial charge in [-0.3, -0.25) is 0 Å². The molecule has 2 aromatic carbocycles. The molecule has 0 saturated carbocycles. The predicted octanol–water partition coefficient (Wildman–Crippen LogP) is 2.61. The maximum atomic E-state index is 12.6. The van der Waals surface area contributed by atoms with Gasteiger partial charge < -0.3 is 14.2 Å². The fraction of sp³-hybridized carbons (Fsp3) is 0.222. The molecule has 0 saturated heterocycles. The summed E-state index contributed by atoms with van der Waals surface area (Å²) in [6, 6.07) is 12.9. The fourth-order valence-electron chi connectivity index (χ4n) is 2.23. The minimum atomic E-state index is -0.173. The van der Waals surface area contributed by atoms with Crippen molar-refractivity contribution in [2.24, 2.45) is 0 Å². The largest absolute Gasteiger partial charge is 0.493 e. The van der Waals surface area contributed by atoms with Crippen molar-refractivity contribution in [2.45, 2.75) is 0 Å². The van der Waals surface area contributed by atoms with Gasteiger partial charge in [0.15, 0.2) is 17.7 Å². The van der Waals surface area contributed by atoms with Crippen LogP contribution in [0, 0.1) is 0 Å². The van der Waals surface area contributed by atoms with Gasteiger partial charge in [0, 0.05) is 17.7 Å². The lowest BCUT2D eigenvalue weighted by atomic mass is 10.1. The number of rotatable bonds is 5. The number of carbonyl (C=O) groups excluding carboxylic acids is 1. The van der Waals surface area contributed by atoms with Crippen LogP contribution in [0.25, 0.3) is 0 Å². The Morgan fingerprint density at radius 1 is 0.957 bits per heavy atom. The number of benzene rings is 2. The second-order valence-corrected chi connectivity index (χ2v) is 4.87. The summed E-state index contributed by atoms with van der Waals surface area (Å²) in [5.41, 5.74) is 1.39. The third-order valence-corrected chi connectivity index (χ3v) is 3.37. The Hall–Kier alpha value is -2.82. The average molecular weight is 314 g/mol. The van der Waals surface area contributed by atoms with Gasteiger partial charge in [0.2, 0.25) is 5.75 Å². The van der Waals surface area contributed by atoms with Gasteiger partial charge in [-0.15, -0.1) is 0 Å². The van der Waals surface area contributed by atoms with Gasteiger partial charge in [0.05, 0.1) is 26.9 Å². The summed E-state index contributed by atoms with van der Waals surface area (Å²) in [7, 11) is 6.27. The highest BCUT2D eigenvalue weighted by molar-refractivity contribution is 5.93. The topological polar surface area (TPSA) is 47.8 Å². The van der Waals surface area contributed by atoms with Gasteiger partial charge in [-0.2, -0.15) is 4.58 Å². The zero-order valence-electron chi connectivity index (χ0n) is 13.7. The van der Waals surface area contributed by atoms with Gasteiger partial charge in [-0.05, 0) is 12.1 Å². The van der Waals surface area contributed by atoms with Crippen molar-refractivity contribution in [1.29, 1.82) is 0 Å². The summed E-state index contributed by atoms with van der Waals surface area (Å²) in [5.74, 6) is 1.18. The van der Waals surface area contributed by atoms with E-state index in [1.165, 1.54) is 25.9 Å². The summed E-state index contributed by atoms with van der Waals surface area (Å²) in [6.07, 6.45) is 1.77. The van der Waals surface area contributed by atoms with Crippen LogP contribution in [0.1, 0.15) is 15.9 Å². The zero-order valence-corrected chi connectivity index (χ0v) is 13.7. The van der Waals surface area contributed by atoms with E-state index in [-0.39, 0.29) is 5.91 Å². The molecule has 120 valence electrons. The van der Waals surface area contributed by atoms with Crippen LogP contribution in [0.5, 0.6) is 17.2 Å². The maximum absolute atomic E-state index is 12.6. The molecule has 0 atom stereocenters. The molecule has 0 heterocycles. The predicted molar refractivity (Wildman–Crippen MR) is 88.2 cm³/mol. The molecule has 23 heavy (non-hydrogen) atoms. The van der Waals surface area contributed by atoms with E-state index in [0.717, 1.165) is 5.56 Å². The van der Waals surface area contributed by atoms with Crippen LogP contribution >= 0.6 is 0 Å². The summed E-state index contributed by atoms with van der Waals surface area (Å²) in [4.78, 5) is 12.6. The first-order valence-electron chi connectivity index (χ1n) is 7.07. The second-order valence-electron chi connectivity index (χ2n) is 4.87. The third kappa shape index (κ3) is 3.69. The highest BCUT2D eigenvalue weighted by atomic mass is 16.5. The van der Waals surface area contributed by atoms with Gasteiger partial charge >= 0.3 is 5.91 Å². The van der Waals surface area contributed by atoms with Gasteiger partial charge in [-0.25, -0.2) is 4.79 Å². The molecule has 0 aliphatic carbocycles. The Kier molecular flexibility index (Phi) is 5.36. The van der Waals surface area contributed by atoms with Crippen molar-refractivity contribution in [3.8, 4) is 17.2 Å². The van der Waals surface area contributed by atoms with E-state index in [2.05, 4.69) is 0 Å². The molecular weight excluding hydrogens is 294 g/mol. The van der Waals surface area contributed by atoms with Crippen LogP contribution in [0.2, 0.25) is 0 Å². The van der Waals surface area contributed by atoms with E-state index in [9.17, 15) is 4.79 Å². The molecule has 2 aromatic rings. The van der Waals surface area contributed by atoms with Crippen LogP contribution in [0.15, 0.2) is 42.5 Å². The second kappa shape index (κ2) is 7.45. The third-order valence-electron chi connectivity index (χ3n) is 3.37. The number of methoxy groups -OCH3 is 3. The SMILES string of the molecule is COc1cc(C(=O)[N+](C)=Cc2ccccc2)cc(OC)c1OC. The molecule has 0 bridgehead atoms. The number of hydrogen-bond donors (Lipinski definition) is 0. The summed E-state index contributed by atoms with van der Waals surface area (Å²) < 4.78 is 17.4. The molecule has 0 fully saturated rings. The standard InChI is InChI=1S/C18H20NO4/c1-19(12-13-8-6-5-7-9-13)18(20)14-10-15(21-2)17(23-4)16(11-14)22-3/h5-12H,1-4H3/q+1. The smallest absolute Gasteiger partial charge is 0.419 e. The molecule has 5 heteroatoms. The highest BCUT2D eigenvalue weighted by Gasteiger charge is 2.22. The number of amides is 1. The van der Waals surface area contributed by atoms with Crippen LogP contribution in [0.3, 0.4) is 0 Å². The molecule has 2 rings (SSSR count). The maximum Gasteiger partial charge on any atom is 0.419 e. The molecule has 0 N–H and O–H groups in total. The molecule has 0 aliphatic heterocycles. The summed E-state index contributed by atoms with van der Waals surface area (Å²) in [6.45, 7) is 0. The lowest BCUT2D eigenvalue weighted by molar-refractivity contribution is -0.388. The minimum Gasteiger partial charge on any atom is -0.493 e. The van der Waals surface area contributed by atoms with Crippen molar-refractivity contribution in [1.82, 2.24) is 0 Å². The molecule has 1 amide bonds. The molecule has 0 spiro atoms. The summed E-state index contributed by atoms with van der Waals surface area (Å²) >= 11 is 0. The van der Waals surface area contributed by atoms with Crippen molar-refractivity contribution in [3.05, 3.63) is 53.6 Å². The van der Waals surface area contributed by atoms with Crippen LogP contribution in [-0.4, -0.2) is 45.1 Å². The van der Waals surface area contributed by atoms with E-state index in [1.54, 1.807) is 25.4 Å². The normalized spacial score (nSPS) is 11.0. The van der Waals surface area contributed by atoms with Crippen molar-refractivity contribution >= 4 is 12.1 Å². The van der Waals surface area contributed by atoms with Crippen molar-refractivity contribution in [2.75, 3.05) is 28.4 Å². The lowest BCUT2D eigenvalue weighted by Gasteiger charge is -2.12. The Bertz CT molecular complexity index is 698. The first kappa shape index (κ1) is 16.5. The lowest BCUT2D eigenvalue weighted by Crippen LogP contribution is -2.18. The van der Waals surface area contributed by atoms with Gasteiger partial charge in [0.25, 0.3) is 0 Å². The first-order chi connectivity index (χ1) is 11.1. The highest BCUT2D eigenvalue weighted by Crippen LogP contribution is 2.38. The van der Waals surface area contributed by atoms with E-state index < -0.39 is 0 Å². The fourth-order valence-corrected chi connectivity index (χ4v) is 2.23. The van der Waals surface area contributed by atoms with Gasteiger partial charge in [-0.1, -0.05) is 18.2 Å². The van der Waals surface area contributed by atoms with E-state index in [0.29, 0.717) is 22.8 Å². The van der Waals surface area contributed by atoms with E-state index in [4.69, 9.17) is 14.2 Å². The number of nitrogens with zero attached hydrogens (tertiary/aromatic N) is 1. The summed E-state index contributed by atoms with van der Waals surface area (Å²) in [5, 5.41) is 0. The van der Waals surface area contributed by atoms with Crippen LogP contribution < -0.4 is 14.2 Å². The molecule has 0 aromatic heterocycles. The average Bonchev–Trinajstić information content (AvgIpc) is 2.60. The van der Waals surface area contributed by atoms with Gasteiger partial charge in [0.1, 0.15) is 7.05 Å². The number of ether oxygens (including phenoxy) is 3. The zero-order chi connectivity index (χ0) is 16.8. The molecular formula is C18H20NO4+. The first-order valence-corrected chi connectivity index (χ1v) is 7.07. The monoisotopic (exact) mass is 314 g/mol. The molecule has 0 aliphatic rings. The Labute approximate surface area is 135 Å². The van der Waals surface area contributed by atoms with Crippen LogP contribution in [-0.2, 0) is 0 Å². The quantitative estimate of drug-likeness (QED) is 0.629. The minimum absolute atomic E-state index is 0.173. The van der Waals surface area contributed by atoms with E-state index >= 15 is 0 Å². The Balaban J connectivity index is 2.41. The molecule has 5 nitrogen and oxygen atoms in total. The van der Waals surface area contributed by atoms with Crippen molar-refractivity contribution in [3.63, 3.8) is 0 Å². The number of carbonyl (C=O) groups is 1. The van der Waals surface area contributed by atoms with Crippen LogP contribution in [0.4, 0.5) is 0 Å². The Morgan fingerprint density at radius 3 is 2.00 bits per heavy atom. The Morgan fingerprint density at radius 2 is 1.52 bits per heavy atom.